The zero-order valence-electron chi connectivity index (χ0n) is 15.2. The average molecular weight is 383 g/mol. The van der Waals surface area contributed by atoms with Crippen molar-refractivity contribution in [1.82, 2.24) is 10.2 Å². The van der Waals surface area contributed by atoms with Crippen LogP contribution < -0.4 is 5.32 Å². The van der Waals surface area contributed by atoms with E-state index in [0.717, 1.165) is 24.8 Å². The van der Waals surface area contributed by atoms with Crippen LogP contribution in [0, 0.1) is 5.92 Å². The summed E-state index contributed by atoms with van der Waals surface area (Å²) < 4.78 is 0. The number of hydrogen-bond donors (Lipinski definition) is 1. The predicted octanol–water partition coefficient (Wildman–Crippen LogP) is 3.88. The van der Waals surface area contributed by atoms with E-state index in [9.17, 15) is 9.59 Å². The molecule has 0 unspecified atom stereocenters. The number of hydrogen-bond acceptors (Lipinski definition) is 2. The van der Waals surface area contributed by atoms with Crippen LogP contribution in [0.2, 0.25) is 5.02 Å². The molecule has 1 fully saturated rings. The number of rotatable bonds is 4. The van der Waals surface area contributed by atoms with Gasteiger partial charge in [-0.2, -0.15) is 0 Å². The van der Waals surface area contributed by atoms with Crippen LogP contribution in [0.5, 0.6) is 0 Å². The van der Waals surface area contributed by atoms with Crippen LogP contribution in [-0.4, -0.2) is 23.3 Å². The number of carbonyl (C=O) groups excluding carboxylic acids is 2. The topological polar surface area (TPSA) is 49.4 Å². The molecule has 2 aliphatic rings. The van der Waals surface area contributed by atoms with Crippen molar-refractivity contribution in [3.63, 3.8) is 0 Å². The first kappa shape index (κ1) is 18.1. The van der Waals surface area contributed by atoms with Gasteiger partial charge in [-0.1, -0.05) is 54.1 Å². The summed E-state index contributed by atoms with van der Waals surface area (Å²) in [7, 11) is 0. The van der Waals surface area contributed by atoms with Gasteiger partial charge >= 0.3 is 0 Å². The molecule has 5 heteroatoms. The lowest BCUT2D eigenvalue weighted by atomic mass is 9.87. The molecule has 1 aliphatic heterocycles. The Morgan fingerprint density at radius 2 is 1.93 bits per heavy atom. The molecule has 0 radical (unpaired) electrons. The highest BCUT2D eigenvalue weighted by Gasteiger charge is 2.35. The number of amides is 2. The normalized spacial score (nSPS) is 21.8. The van der Waals surface area contributed by atoms with Gasteiger partial charge in [0.15, 0.2) is 0 Å². The van der Waals surface area contributed by atoms with E-state index < -0.39 is 0 Å². The molecular weight excluding hydrogens is 360 g/mol. The molecule has 1 saturated heterocycles. The van der Waals surface area contributed by atoms with Crippen molar-refractivity contribution in [3.05, 3.63) is 70.2 Å². The highest BCUT2D eigenvalue weighted by Crippen LogP contribution is 2.30. The minimum atomic E-state index is -0.297. The monoisotopic (exact) mass is 382 g/mol. The number of nitrogens with one attached hydrogen (secondary N) is 1. The number of carbonyl (C=O) groups is 2. The van der Waals surface area contributed by atoms with Crippen molar-refractivity contribution < 1.29 is 9.59 Å². The van der Waals surface area contributed by atoms with E-state index in [0.29, 0.717) is 18.1 Å². The first-order valence-corrected chi connectivity index (χ1v) is 9.89. The van der Waals surface area contributed by atoms with Crippen LogP contribution in [0.1, 0.15) is 42.0 Å². The number of nitrogens with zero attached hydrogens (tertiary/aromatic N) is 1. The highest BCUT2D eigenvalue weighted by molar-refractivity contribution is 6.31. The maximum absolute atomic E-state index is 12.8. The Morgan fingerprint density at radius 1 is 1.15 bits per heavy atom. The Hall–Kier alpha value is -2.33. The third-order valence-electron chi connectivity index (χ3n) is 5.59. The van der Waals surface area contributed by atoms with E-state index in [4.69, 9.17) is 11.6 Å². The molecule has 2 aromatic carbocycles. The molecule has 0 bridgehead atoms. The Labute approximate surface area is 164 Å². The van der Waals surface area contributed by atoms with Crippen molar-refractivity contribution in [2.45, 2.75) is 38.3 Å². The average Bonchev–Trinajstić information content (AvgIpc) is 3.05. The van der Waals surface area contributed by atoms with E-state index in [1.807, 2.05) is 36.4 Å². The second-order valence-electron chi connectivity index (χ2n) is 7.42. The van der Waals surface area contributed by atoms with Crippen molar-refractivity contribution in [3.8, 4) is 0 Å². The second-order valence-corrected chi connectivity index (χ2v) is 7.83. The zero-order chi connectivity index (χ0) is 18.8. The lowest BCUT2D eigenvalue weighted by Crippen LogP contribution is -2.36. The first-order chi connectivity index (χ1) is 13.1. The van der Waals surface area contributed by atoms with Crippen LogP contribution in [-0.2, 0) is 22.6 Å². The SMILES string of the molecule is O=C(N[C@H]1CCCc2ccccc21)[C@H]1CC(=O)N(Cc2ccccc2Cl)C1. The van der Waals surface area contributed by atoms with Gasteiger partial charge in [-0.15, -0.1) is 0 Å². The minimum Gasteiger partial charge on any atom is -0.349 e. The summed E-state index contributed by atoms with van der Waals surface area (Å²) in [6.45, 7) is 0.902. The van der Waals surface area contributed by atoms with Gasteiger partial charge in [0.25, 0.3) is 0 Å². The third kappa shape index (κ3) is 3.86. The Morgan fingerprint density at radius 3 is 2.78 bits per heavy atom. The van der Waals surface area contributed by atoms with Gasteiger partial charge in [-0.05, 0) is 42.0 Å². The van der Waals surface area contributed by atoms with Crippen molar-refractivity contribution in [2.75, 3.05) is 6.54 Å². The summed E-state index contributed by atoms with van der Waals surface area (Å²) in [5.41, 5.74) is 3.45. The standard InChI is InChI=1S/C22H23ClN2O2/c23-19-10-4-2-7-16(19)13-25-14-17(12-21(25)26)22(27)24-20-11-5-8-15-6-1-3-9-18(15)20/h1-4,6-7,9-10,17,20H,5,8,11-14H2,(H,24,27)/t17-,20-/m0/s1. The van der Waals surface area contributed by atoms with Crippen molar-refractivity contribution in [1.29, 1.82) is 0 Å². The predicted molar refractivity (Wildman–Crippen MR) is 105 cm³/mol. The van der Waals surface area contributed by atoms with Crippen LogP contribution in [0.3, 0.4) is 0 Å². The van der Waals surface area contributed by atoms with Crippen LogP contribution >= 0.6 is 11.6 Å². The second kappa shape index (κ2) is 7.73. The zero-order valence-corrected chi connectivity index (χ0v) is 15.9. The van der Waals surface area contributed by atoms with E-state index in [1.165, 1.54) is 11.1 Å². The fraction of sp³-hybridized carbons (Fsp3) is 0.364. The summed E-state index contributed by atoms with van der Waals surface area (Å²) in [5.74, 6) is -0.306. The highest BCUT2D eigenvalue weighted by atomic mass is 35.5. The fourth-order valence-corrected chi connectivity index (χ4v) is 4.32. The molecule has 4 rings (SSSR count). The van der Waals surface area contributed by atoms with Gasteiger partial charge in [-0.3, -0.25) is 9.59 Å². The Bertz CT molecular complexity index is 867. The Balaban J connectivity index is 1.41. The Kier molecular flexibility index (Phi) is 5.17. The van der Waals surface area contributed by atoms with Gasteiger partial charge in [0.05, 0.1) is 12.0 Å². The molecule has 2 atom stereocenters. The van der Waals surface area contributed by atoms with Gasteiger partial charge in [0, 0.05) is 24.5 Å². The largest absolute Gasteiger partial charge is 0.349 e. The maximum atomic E-state index is 12.8. The van der Waals surface area contributed by atoms with Crippen molar-refractivity contribution in [2.24, 2.45) is 5.92 Å². The summed E-state index contributed by atoms with van der Waals surface area (Å²) in [4.78, 5) is 27.0. The van der Waals surface area contributed by atoms with E-state index in [-0.39, 0.29) is 30.2 Å². The smallest absolute Gasteiger partial charge is 0.225 e. The summed E-state index contributed by atoms with van der Waals surface area (Å²) in [6.07, 6.45) is 3.36. The molecule has 1 aliphatic carbocycles. The molecular formula is C22H23ClN2O2. The quantitative estimate of drug-likeness (QED) is 0.872. The number of fused-ring (bicyclic) bond motifs is 1. The molecule has 2 amide bonds. The van der Waals surface area contributed by atoms with Gasteiger partial charge in [0.2, 0.25) is 11.8 Å². The van der Waals surface area contributed by atoms with Gasteiger partial charge in [0.1, 0.15) is 0 Å². The molecule has 0 saturated carbocycles. The van der Waals surface area contributed by atoms with E-state index in [1.54, 1.807) is 4.90 Å². The maximum Gasteiger partial charge on any atom is 0.225 e. The number of likely N-dealkylation sites (tertiary alicyclic amines) is 1. The van der Waals surface area contributed by atoms with Gasteiger partial charge < -0.3 is 10.2 Å². The first-order valence-electron chi connectivity index (χ1n) is 9.51. The van der Waals surface area contributed by atoms with Crippen LogP contribution in [0.15, 0.2) is 48.5 Å². The molecule has 27 heavy (non-hydrogen) atoms. The van der Waals surface area contributed by atoms with E-state index >= 15 is 0 Å². The molecule has 0 aromatic heterocycles. The number of aryl methyl sites for hydroxylation is 1. The molecule has 1 N–H and O–H groups in total. The van der Waals surface area contributed by atoms with Gasteiger partial charge in [-0.25, -0.2) is 0 Å². The lowest BCUT2D eigenvalue weighted by Gasteiger charge is -2.27. The molecule has 1 heterocycles. The van der Waals surface area contributed by atoms with Crippen LogP contribution in [0.4, 0.5) is 0 Å². The third-order valence-corrected chi connectivity index (χ3v) is 5.96. The van der Waals surface area contributed by atoms with Crippen molar-refractivity contribution >= 4 is 23.4 Å². The lowest BCUT2D eigenvalue weighted by molar-refractivity contribution is -0.129. The summed E-state index contributed by atoms with van der Waals surface area (Å²) in [5, 5.41) is 3.84. The summed E-state index contributed by atoms with van der Waals surface area (Å²) in [6, 6.07) is 15.9. The molecule has 140 valence electrons. The molecule has 2 aromatic rings. The minimum absolute atomic E-state index is 0.0131. The molecule has 0 spiro atoms. The number of halogens is 1. The number of benzene rings is 2. The summed E-state index contributed by atoms with van der Waals surface area (Å²) >= 11 is 6.21. The van der Waals surface area contributed by atoms with Crippen LogP contribution in [0.25, 0.3) is 0 Å². The van der Waals surface area contributed by atoms with E-state index in [2.05, 4.69) is 17.4 Å². The molecule has 4 nitrogen and oxygen atoms in total. The fourth-order valence-electron chi connectivity index (χ4n) is 4.13.